The number of nitrogens with two attached hydrogens (primary N) is 1. The molecule has 1 aliphatic rings. The Hall–Kier alpha value is -1.62. The van der Waals surface area contributed by atoms with Crippen molar-refractivity contribution in [2.24, 2.45) is 5.73 Å². The number of nitrogens with zero attached hydrogens (tertiary/aromatic N) is 2. The van der Waals surface area contributed by atoms with Crippen molar-refractivity contribution in [3.8, 4) is 0 Å². The van der Waals surface area contributed by atoms with E-state index in [1.165, 1.54) is 0 Å². The van der Waals surface area contributed by atoms with Crippen LogP contribution in [0.5, 0.6) is 0 Å². The van der Waals surface area contributed by atoms with Gasteiger partial charge in [-0.05, 0) is 36.6 Å². The van der Waals surface area contributed by atoms with E-state index in [2.05, 4.69) is 4.98 Å². The van der Waals surface area contributed by atoms with E-state index in [1.807, 2.05) is 29.2 Å². The molecule has 1 saturated heterocycles. The van der Waals surface area contributed by atoms with Crippen molar-refractivity contribution in [1.82, 2.24) is 9.88 Å². The Morgan fingerprint density at radius 2 is 2.13 bits per heavy atom. The monoisotopic (exact) mass is 351 g/mol. The molecule has 23 heavy (non-hydrogen) atoms. The summed E-state index contributed by atoms with van der Waals surface area (Å²) in [6, 6.07) is 11.3. The molecule has 1 atom stereocenters. The number of carbonyl (C=O) groups is 1. The van der Waals surface area contributed by atoms with Crippen LogP contribution in [0.3, 0.4) is 0 Å². The molecule has 4 nitrogen and oxygen atoms in total. The van der Waals surface area contributed by atoms with Crippen molar-refractivity contribution in [3.05, 3.63) is 64.4 Å². The fourth-order valence-corrected chi connectivity index (χ4v) is 3.23. The van der Waals surface area contributed by atoms with Crippen molar-refractivity contribution < 1.29 is 4.79 Å². The van der Waals surface area contributed by atoms with Crippen LogP contribution in [0.4, 0.5) is 0 Å². The summed E-state index contributed by atoms with van der Waals surface area (Å²) in [5.41, 5.74) is 7.98. The van der Waals surface area contributed by atoms with E-state index >= 15 is 0 Å². The number of benzene rings is 1. The second kappa shape index (κ2) is 7.77. The van der Waals surface area contributed by atoms with Gasteiger partial charge in [-0.2, -0.15) is 0 Å². The average molecular weight is 352 g/mol. The Bertz CT molecular complexity index is 693. The molecule has 122 valence electrons. The van der Waals surface area contributed by atoms with Gasteiger partial charge >= 0.3 is 0 Å². The number of pyridine rings is 1. The fraction of sp³-hybridized carbons (Fsp3) is 0.294. The van der Waals surface area contributed by atoms with E-state index in [1.54, 1.807) is 18.3 Å². The maximum atomic E-state index is 12.8. The van der Waals surface area contributed by atoms with Gasteiger partial charge in [-0.25, -0.2) is 0 Å². The van der Waals surface area contributed by atoms with E-state index in [-0.39, 0.29) is 24.4 Å². The predicted molar refractivity (Wildman–Crippen MR) is 93.8 cm³/mol. The molecule has 1 amide bonds. The molecule has 2 heterocycles. The summed E-state index contributed by atoms with van der Waals surface area (Å²) in [4.78, 5) is 18.9. The Balaban J connectivity index is 0.00000192. The Labute approximate surface area is 147 Å². The van der Waals surface area contributed by atoms with Crippen LogP contribution in [0, 0.1) is 0 Å². The van der Waals surface area contributed by atoms with E-state index in [9.17, 15) is 4.79 Å². The minimum Gasteiger partial charge on any atom is -0.332 e. The summed E-state index contributed by atoms with van der Waals surface area (Å²) < 4.78 is 0. The number of rotatable bonds is 3. The van der Waals surface area contributed by atoms with Crippen LogP contribution in [0.15, 0.2) is 42.6 Å². The third kappa shape index (κ3) is 3.66. The van der Waals surface area contributed by atoms with Gasteiger partial charge < -0.3 is 10.6 Å². The summed E-state index contributed by atoms with van der Waals surface area (Å²) in [7, 11) is 0. The molecule has 1 aromatic carbocycles. The highest BCUT2D eigenvalue weighted by atomic mass is 35.5. The lowest BCUT2D eigenvalue weighted by atomic mass is 10.0. The average Bonchev–Trinajstić information content (AvgIpc) is 3.04. The maximum Gasteiger partial charge on any atom is 0.254 e. The van der Waals surface area contributed by atoms with Crippen molar-refractivity contribution in [3.63, 3.8) is 0 Å². The molecule has 1 aromatic heterocycles. The first-order valence-electron chi connectivity index (χ1n) is 7.41. The van der Waals surface area contributed by atoms with Gasteiger partial charge in [0.15, 0.2) is 0 Å². The summed E-state index contributed by atoms with van der Waals surface area (Å²) in [6.07, 6.45) is 3.55. The highest BCUT2D eigenvalue weighted by molar-refractivity contribution is 6.31. The van der Waals surface area contributed by atoms with Gasteiger partial charge in [0.2, 0.25) is 0 Å². The third-order valence-corrected chi connectivity index (χ3v) is 4.39. The van der Waals surface area contributed by atoms with Gasteiger partial charge in [0.05, 0.1) is 11.7 Å². The Kier molecular flexibility index (Phi) is 5.99. The highest BCUT2D eigenvalue weighted by Crippen LogP contribution is 2.36. The van der Waals surface area contributed by atoms with Gasteiger partial charge in [-0.3, -0.25) is 9.78 Å². The van der Waals surface area contributed by atoms with Crippen LogP contribution >= 0.6 is 24.0 Å². The van der Waals surface area contributed by atoms with E-state index in [4.69, 9.17) is 17.3 Å². The smallest absolute Gasteiger partial charge is 0.254 e. The molecule has 0 saturated carbocycles. The number of aromatic nitrogens is 1. The zero-order chi connectivity index (χ0) is 15.5. The summed E-state index contributed by atoms with van der Waals surface area (Å²) in [6.45, 7) is 1.07. The lowest BCUT2D eigenvalue weighted by molar-refractivity contribution is 0.0735. The first kappa shape index (κ1) is 17.7. The molecule has 0 radical (unpaired) electrons. The van der Waals surface area contributed by atoms with Gasteiger partial charge in [0.25, 0.3) is 5.91 Å². The molecule has 0 bridgehead atoms. The minimum absolute atomic E-state index is 0. The quantitative estimate of drug-likeness (QED) is 0.918. The molecular formula is C17H19Cl2N3O. The van der Waals surface area contributed by atoms with Gasteiger partial charge in [0, 0.05) is 29.9 Å². The number of halogens is 2. The number of likely N-dealkylation sites (tertiary alicyclic amines) is 1. The topological polar surface area (TPSA) is 59.2 Å². The van der Waals surface area contributed by atoms with Crippen LogP contribution in [0.25, 0.3) is 0 Å². The largest absolute Gasteiger partial charge is 0.332 e. The van der Waals surface area contributed by atoms with E-state index in [0.717, 1.165) is 30.6 Å². The van der Waals surface area contributed by atoms with Gasteiger partial charge in [-0.1, -0.05) is 29.8 Å². The minimum atomic E-state index is 0. The maximum absolute atomic E-state index is 12.8. The molecule has 0 spiro atoms. The Morgan fingerprint density at radius 3 is 2.87 bits per heavy atom. The lowest BCUT2D eigenvalue weighted by Crippen LogP contribution is -2.30. The Morgan fingerprint density at radius 1 is 1.35 bits per heavy atom. The third-order valence-electron chi connectivity index (χ3n) is 4.05. The lowest BCUT2D eigenvalue weighted by Gasteiger charge is -2.26. The highest BCUT2D eigenvalue weighted by Gasteiger charge is 2.31. The van der Waals surface area contributed by atoms with E-state index < -0.39 is 0 Å². The van der Waals surface area contributed by atoms with Gasteiger partial charge in [-0.15, -0.1) is 12.4 Å². The zero-order valence-electron chi connectivity index (χ0n) is 12.6. The van der Waals surface area contributed by atoms with Crippen molar-refractivity contribution >= 4 is 29.9 Å². The number of hydrogen-bond donors (Lipinski definition) is 1. The van der Waals surface area contributed by atoms with Crippen molar-refractivity contribution in [1.29, 1.82) is 0 Å². The molecule has 0 aliphatic carbocycles. The molecule has 1 unspecified atom stereocenters. The van der Waals surface area contributed by atoms with Crippen LogP contribution < -0.4 is 5.73 Å². The van der Waals surface area contributed by atoms with Crippen LogP contribution in [-0.2, 0) is 6.54 Å². The normalized spacial score (nSPS) is 17.0. The first-order chi connectivity index (χ1) is 10.7. The SMILES string of the molecule is Cl.NCc1cc(C(=O)N2CCCC2c2ccccc2Cl)ccn1. The van der Waals surface area contributed by atoms with Crippen LogP contribution in [0.1, 0.15) is 40.5 Å². The van der Waals surface area contributed by atoms with Crippen LogP contribution in [0.2, 0.25) is 5.02 Å². The van der Waals surface area contributed by atoms with Crippen LogP contribution in [-0.4, -0.2) is 22.3 Å². The molecular weight excluding hydrogens is 333 g/mol. The standard InChI is InChI=1S/C17H18ClN3O.ClH/c18-15-5-2-1-4-14(15)16-6-3-9-21(16)17(22)12-7-8-20-13(10-12)11-19;/h1-2,4-5,7-8,10,16H,3,6,9,11,19H2;1H. The molecule has 2 aromatic rings. The summed E-state index contributed by atoms with van der Waals surface area (Å²) >= 11 is 6.30. The number of hydrogen-bond acceptors (Lipinski definition) is 3. The molecule has 2 N–H and O–H groups in total. The zero-order valence-corrected chi connectivity index (χ0v) is 14.2. The molecule has 1 aliphatic heterocycles. The van der Waals surface area contributed by atoms with Crippen molar-refractivity contribution in [2.75, 3.05) is 6.54 Å². The predicted octanol–water partition coefficient (Wildman–Crippen LogP) is 3.59. The second-order valence-corrected chi connectivity index (χ2v) is 5.83. The molecule has 6 heteroatoms. The van der Waals surface area contributed by atoms with E-state index in [0.29, 0.717) is 17.1 Å². The van der Waals surface area contributed by atoms with Crippen molar-refractivity contribution in [2.45, 2.75) is 25.4 Å². The van der Waals surface area contributed by atoms with Gasteiger partial charge in [0.1, 0.15) is 0 Å². The number of carbonyl (C=O) groups excluding carboxylic acids is 1. The molecule has 1 fully saturated rings. The fourth-order valence-electron chi connectivity index (χ4n) is 2.97. The molecule has 3 rings (SSSR count). The first-order valence-corrected chi connectivity index (χ1v) is 7.79. The summed E-state index contributed by atoms with van der Waals surface area (Å²) in [5, 5.41) is 0.713. The summed E-state index contributed by atoms with van der Waals surface area (Å²) in [5.74, 6) is 0.0134. The number of amides is 1. The second-order valence-electron chi connectivity index (χ2n) is 5.42.